The zero-order valence-electron chi connectivity index (χ0n) is 10.7. The molecule has 0 aromatic heterocycles. The van der Waals surface area contributed by atoms with Crippen LogP contribution in [-0.2, 0) is 10.1 Å². The standard InChI is InChI=1S/C14H19BrClNO/c1-17(10-13-4-2-3-7-18-13)14-8-12(16)6-5-11(14)9-15/h5-6,8,13H,2-4,7,9-10H2,1H3. The summed E-state index contributed by atoms with van der Waals surface area (Å²) in [5.41, 5.74) is 2.45. The molecule has 4 heteroatoms. The van der Waals surface area contributed by atoms with E-state index in [1.54, 1.807) is 0 Å². The molecule has 2 nitrogen and oxygen atoms in total. The number of ether oxygens (including phenoxy) is 1. The van der Waals surface area contributed by atoms with Gasteiger partial charge in [0.15, 0.2) is 0 Å². The molecule has 0 radical (unpaired) electrons. The number of anilines is 1. The van der Waals surface area contributed by atoms with E-state index in [1.165, 1.54) is 24.1 Å². The van der Waals surface area contributed by atoms with Crippen LogP contribution in [0.3, 0.4) is 0 Å². The van der Waals surface area contributed by atoms with E-state index in [9.17, 15) is 0 Å². The fourth-order valence-electron chi connectivity index (χ4n) is 2.36. The Morgan fingerprint density at radius 3 is 2.94 bits per heavy atom. The molecule has 0 amide bonds. The molecule has 1 aromatic rings. The van der Waals surface area contributed by atoms with Gasteiger partial charge in [-0.05, 0) is 37.0 Å². The van der Waals surface area contributed by atoms with Gasteiger partial charge in [0.2, 0.25) is 0 Å². The number of halogens is 2. The van der Waals surface area contributed by atoms with Crippen molar-refractivity contribution < 1.29 is 4.74 Å². The first-order valence-corrected chi connectivity index (χ1v) is 7.88. The second-order valence-electron chi connectivity index (χ2n) is 4.78. The van der Waals surface area contributed by atoms with E-state index in [4.69, 9.17) is 16.3 Å². The monoisotopic (exact) mass is 331 g/mol. The van der Waals surface area contributed by atoms with Gasteiger partial charge >= 0.3 is 0 Å². The highest BCUT2D eigenvalue weighted by Crippen LogP contribution is 2.27. The van der Waals surface area contributed by atoms with Crippen LogP contribution >= 0.6 is 27.5 Å². The van der Waals surface area contributed by atoms with E-state index in [0.717, 1.165) is 29.9 Å². The highest BCUT2D eigenvalue weighted by atomic mass is 79.9. The first-order chi connectivity index (χ1) is 8.70. The van der Waals surface area contributed by atoms with Crippen molar-refractivity contribution in [1.82, 2.24) is 0 Å². The van der Waals surface area contributed by atoms with Crippen LogP contribution in [0, 0.1) is 0 Å². The molecule has 1 aliphatic rings. The van der Waals surface area contributed by atoms with Gasteiger partial charge in [0.25, 0.3) is 0 Å². The van der Waals surface area contributed by atoms with Crippen molar-refractivity contribution in [2.75, 3.05) is 25.1 Å². The van der Waals surface area contributed by atoms with Crippen molar-refractivity contribution in [3.05, 3.63) is 28.8 Å². The highest BCUT2D eigenvalue weighted by molar-refractivity contribution is 9.08. The van der Waals surface area contributed by atoms with Crippen molar-refractivity contribution in [2.45, 2.75) is 30.7 Å². The molecule has 1 heterocycles. The zero-order valence-corrected chi connectivity index (χ0v) is 13.0. The summed E-state index contributed by atoms with van der Waals surface area (Å²) in [6.07, 6.45) is 3.99. The molecule has 0 bridgehead atoms. The lowest BCUT2D eigenvalue weighted by Crippen LogP contribution is -2.33. The summed E-state index contributed by atoms with van der Waals surface area (Å²) in [6, 6.07) is 6.04. The molecule has 2 rings (SSSR count). The Bertz CT molecular complexity index is 393. The average Bonchev–Trinajstić information content (AvgIpc) is 2.40. The Morgan fingerprint density at radius 1 is 1.44 bits per heavy atom. The van der Waals surface area contributed by atoms with Crippen molar-refractivity contribution in [3.8, 4) is 0 Å². The Hall–Kier alpha value is -0.250. The molecular formula is C14H19BrClNO. The van der Waals surface area contributed by atoms with Crippen LogP contribution in [0.15, 0.2) is 18.2 Å². The quantitative estimate of drug-likeness (QED) is 0.765. The Kier molecular flexibility index (Phi) is 5.34. The third kappa shape index (κ3) is 3.62. The van der Waals surface area contributed by atoms with Crippen molar-refractivity contribution in [3.63, 3.8) is 0 Å². The third-order valence-electron chi connectivity index (χ3n) is 3.35. The minimum atomic E-state index is 0.353. The summed E-state index contributed by atoms with van der Waals surface area (Å²) in [4.78, 5) is 2.25. The molecule has 1 saturated heterocycles. The van der Waals surface area contributed by atoms with Crippen LogP contribution in [0.2, 0.25) is 5.02 Å². The largest absolute Gasteiger partial charge is 0.376 e. The van der Waals surface area contributed by atoms with Gasteiger partial charge in [-0.25, -0.2) is 0 Å². The van der Waals surface area contributed by atoms with Crippen LogP contribution in [0.25, 0.3) is 0 Å². The number of likely N-dealkylation sites (N-methyl/N-ethyl adjacent to an activating group) is 1. The molecule has 18 heavy (non-hydrogen) atoms. The van der Waals surface area contributed by atoms with Gasteiger partial charge in [0.05, 0.1) is 6.10 Å². The van der Waals surface area contributed by atoms with Gasteiger partial charge in [-0.15, -0.1) is 0 Å². The van der Waals surface area contributed by atoms with Crippen molar-refractivity contribution >= 4 is 33.2 Å². The van der Waals surface area contributed by atoms with Gasteiger partial charge in [0, 0.05) is 36.2 Å². The number of rotatable bonds is 4. The third-order valence-corrected chi connectivity index (χ3v) is 4.19. The Balaban J connectivity index is 2.07. The van der Waals surface area contributed by atoms with E-state index in [0.29, 0.717) is 6.10 Å². The number of nitrogens with zero attached hydrogens (tertiary/aromatic N) is 1. The topological polar surface area (TPSA) is 12.5 Å². The van der Waals surface area contributed by atoms with Crippen molar-refractivity contribution in [1.29, 1.82) is 0 Å². The summed E-state index contributed by atoms with van der Waals surface area (Å²) in [5, 5.41) is 1.63. The van der Waals surface area contributed by atoms with Crippen LogP contribution in [0.4, 0.5) is 5.69 Å². The maximum Gasteiger partial charge on any atom is 0.0749 e. The Labute approximate surface area is 122 Å². The van der Waals surface area contributed by atoms with Crippen LogP contribution in [0.1, 0.15) is 24.8 Å². The van der Waals surface area contributed by atoms with Gasteiger partial charge in [-0.1, -0.05) is 33.6 Å². The summed E-state index contributed by atoms with van der Waals surface area (Å²) in [5.74, 6) is 0. The first-order valence-electron chi connectivity index (χ1n) is 6.38. The van der Waals surface area contributed by atoms with Gasteiger partial charge in [0.1, 0.15) is 0 Å². The molecule has 0 spiro atoms. The molecule has 1 aromatic carbocycles. The normalized spacial score (nSPS) is 19.8. The van der Waals surface area contributed by atoms with Gasteiger partial charge < -0.3 is 9.64 Å². The van der Waals surface area contributed by atoms with E-state index in [2.05, 4.69) is 33.9 Å². The first kappa shape index (κ1) is 14.2. The van der Waals surface area contributed by atoms with E-state index in [1.807, 2.05) is 12.1 Å². The molecule has 1 aliphatic heterocycles. The van der Waals surface area contributed by atoms with Gasteiger partial charge in [-0.2, -0.15) is 0 Å². The molecule has 0 N–H and O–H groups in total. The zero-order chi connectivity index (χ0) is 13.0. The number of alkyl halides is 1. The van der Waals surface area contributed by atoms with E-state index < -0.39 is 0 Å². The van der Waals surface area contributed by atoms with E-state index >= 15 is 0 Å². The van der Waals surface area contributed by atoms with E-state index in [-0.39, 0.29) is 0 Å². The fourth-order valence-corrected chi connectivity index (χ4v) is 3.00. The van der Waals surface area contributed by atoms with Crippen molar-refractivity contribution in [2.24, 2.45) is 0 Å². The second-order valence-corrected chi connectivity index (χ2v) is 5.77. The molecule has 1 fully saturated rings. The minimum Gasteiger partial charge on any atom is -0.376 e. The second kappa shape index (κ2) is 6.78. The highest BCUT2D eigenvalue weighted by Gasteiger charge is 2.17. The predicted molar refractivity (Wildman–Crippen MR) is 80.9 cm³/mol. The molecule has 100 valence electrons. The lowest BCUT2D eigenvalue weighted by Gasteiger charge is -2.29. The fraction of sp³-hybridized carbons (Fsp3) is 0.571. The number of hydrogen-bond acceptors (Lipinski definition) is 2. The molecule has 1 atom stereocenters. The van der Waals surface area contributed by atoms with Gasteiger partial charge in [-0.3, -0.25) is 0 Å². The number of hydrogen-bond donors (Lipinski definition) is 0. The van der Waals surface area contributed by atoms with Crippen LogP contribution in [-0.4, -0.2) is 26.3 Å². The van der Waals surface area contributed by atoms with Crippen LogP contribution < -0.4 is 4.90 Å². The Morgan fingerprint density at radius 2 is 2.28 bits per heavy atom. The summed E-state index contributed by atoms with van der Waals surface area (Å²) in [6.45, 7) is 1.83. The molecule has 1 unspecified atom stereocenters. The minimum absolute atomic E-state index is 0.353. The summed E-state index contributed by atoms with van der Waals surface area (Å²) < 4.78 is 5.79. The summed E-state index contributed by atoms with van der Waals surface area (Å²) in [7, 11) is 2.11. The van der Waals surface area contributed by atoms with Crippen LogP contribution in [0.5, 0.6) is 0 Å². The lowest BCUT2D eigenvalue weighted by atomic mass is 10.1. The molecule has 0 saturated carbocycles. The average molecular weight is 333 g/mol. The molecular weight excluding hydrogens is 314 g/mol. The number of benzene rings is 1. The smallest absolute Gasteiger partial charge is 0.0749 e. The SMILES string of the molecule is CN(CC1CCCCO1)c1cc(Cl)ccc1CBr. The molecule has 0 aliphatic carbocycles. The maximum atomic E-state index is 6.09. The summed E-state index contributed by atoms with van der Waals surface area (Å²) >= 11 is 9.61. The predicted octanol–water partition coefficient (Wildman–Crippen LogP) is 4.24. The maximum absolute atomic E-state index is 6.09. The lowest BCUT2D eigenvalue weighted by molar-refractivity contribution is 0.0216.